The van der Waals surface area contributed by atoms with Crippen LogP contribution in [0, 0.1) is 6.92 Å². The summed E-state index contributed by atoms with van der Waals surface area (Å²) in [6.45, 7) is 8.59. The maximum atomic E-state index is 5.10. The van der Waals surface area contributed by atoms with Gasteiger partial charge in [0.05, 0.1) is 0 Å². The summed E-state index contributed by atoms with van der Waals surface area (Å²) < 4.78 is 0. The van der Waals surface area contributed by atoms with E-state index in [4.69, 9.17) is 4.98 Å². The van der Waals surface area contributed by atoms with E-state index < -0.39 is 0 Å². The van der Waals surface area contributed by atoms with E-state index in [9.17, 15) is 0 Å². The first-order chi connectivity index (χ1) is 11.3. The molecule has 0 amide bonds. The smallest absolute Gasteiger partial charge is 0.138 e. The predicted molar refractivity (Wildman–Crippen MR) is 108 cm³/mol. The van der Waals surface area contributed by atoms with Gasteiger partial charge < -0.3 is 15.1 Å². The number of anilines is 2. The third kappa shape index (κ3) is 3.44. The molecule has 2 fully saturated rings. The summed E-state index contributed by atoms with van der Waals surface area (Å²) in [6, 6.07) is 8.89. The maximum Gasteiger partial charge on any atom is 0.138 e. The van der Waals surface area contributed by atoms with Gasteiger partial charge in [-0.3, -0.25) is 0 Å². The molecule has 4 rings (SSSR count). The summed E-state index contributed by atoms with van der Waals surface area (Å²) in [5.41, 5.74) is 1.34. The van der Waals surface area contributed by atoms with Crippen LogP contribution in [0.15, 0.2) is 24.3 Å². The van der Waals surface area contributed by atoms with Crippen LogP contribution in [0.3, 0.4) is 0 Å². The first kappa shape index (κ1) is 17.6. The molecular formula is C18H25ClN4S. The van der Waals surface area contributed by atoms with E-state index in [1.165, 1.54) is 33.7 Å². The van der Waals surface area contributed by atoms with E-state index in [1.54, 1.807) is 0 Å². The fourth-order valence-electron chi connectivity index (χ4n) is 3.47. The predicted octanol–water partition coefficient (Wildman–Crippen LogP) is 2.93. The summed E-state index contributed by atoms with van der Waals surface area (Å²) in [7, 11) is 0. The van der Waals surface area contributed by atoms with Gasteiger partial charge in [0, 0.05) is 56.2 Å². The second-order valence-corrected chi connectivity index (χ2v) is 7.54. The van der Waals surface area contributed by atoms with Crippen LogP contribution in [0.5, 0.6) is 0 Å². The third-order valence-electron chi connectivity index (χ3n) is 4.81. The van der Waals surface area contributed by atoms with Crippen LogP contribution < -0.4 is 15.1 Å². The van der Waals surface area contributed by atoms with Gasteiger partial charge in [0.25, 0.3) is 0 Å². The van der Waals surface area contributed by atoms with E-state index >= 15 is 0 Å². The molecule has 2 saturated heterocycles. The molecule has 0 unspecified atom stereocenters. The van der Waals surface area contributed by atoms with Crippen molar-refractivity contribution in [3.05, 3.63) is 29.8 Å². The minimum atomic E-state index is 0. The largest absolute Gasteiger partial charge is 0.354 e. The number of nitrogens with one attached hydrogen (secondary N) is 1. The van der Waals surface area contributed by atoms with Crippen molar-refractivity contribution in [2.75, 3.05) is 60.6 Å². The van der Waals surface area contributed by atoms with E-state index in [-0.39, 0.29) is 12.4 Å². The molecule has 1 aromatic carbocycles. The average Bonchev–Trinajstić information content (AvgIpc) is 2.63. The molecule has 0 saturated carbocycles. The van der Waals surface area contributed by atoms with Crippen LogP contribution in [0.25, 0.3) is 10.8 Å². The Bertz CT molecular complexity index is 697. The van der Waals surface area contributed by atoms with Gasteiger partial charge in [0.15, 0.2) is 0 Å². The van der Waals surface area contributed by atoms with Crippen molar-refractivity contribution in [2.24, 2.45) is 0 Å². The van der Waals surface area contributed by atoms with Crippen LogP contribution in [-0.2, 0) is 0 Å². The number of nitrogens with zero attached hydrogens (tertiary/aromatic N) is 3. The quantitative estimate of drug-likeness (QED) is 0.885. The number of aromatic nitrogens is 1. The highest BCUT2D eigenvalue weighted by molar-refractivity contribution is 7.99. The number of benzene rings is 1. The van der Waals surface area contributed by atoms with Gasteiger partial charge in [-0.15, -0.1) is 12.4 Å². The van der Waals surface area contributed by atoms with Gasteiger partial charge in [0.2, 0.25) is 0 Å². The average molecular weight is 365 g/mol. The van der Waals surface area contributed by atoms with Gasteiger partial charge in [-0.05, 0) is 23.9 Å². The zero-order valence-corrected chi connectivity index (χ0v) is 15.8. The standard InChI is InChI=1S/C18H24N4S.ClH/c1-14-3-2-4-15-16(14)13-17(21-7-5-19-6-8-21)20-18(15)22-9-11-23-12-10-22;/h2-4,13,19H,5-12H2,1H3;1H. The lowest BCUT2D eigenvalue weighted by Gasteiger charge is -2.32. The van der Waals surface area contributed by atoms with Crippen LogP contribution in [0.4, 0.5) is 11.6 Å². The lowest BCUT2D eigenvalue weighted by Crippen LogP contribution is -2.44. The van der Waals surface area contributed by atoms with E-state index in [0.29, 0.717) is 0 Å². The number of rotatable bonds is 2. The zero-order valence-electron chi connectivity index (χ0n) is 14.1. The monoisotopic (exact) mass is 364 g/mol. The van der Waals surface area contributed by atoms with E-state index in [1.807, 2.05) is 11.8 Å². The lowest BCUT2D eigenvalue weighted by atomic mass is 10.1. The Morgan fingerprint density at radius 1 is 1.00 bits per heavy atom. The Balaban J connectivity index is 0.00000169. The Labute approximate surface area is 154 Å². The number of thioether (sulfide) groups is 1. The van der Waals surface area contributed by atoms with Crippen molar-refractivity contribution in [3.63, 3.8) is 0 Å². The zero-order chi connectivity index (χ0) is 15.6. The highest BCUT2D eigenvalue weighted by Gasteiger charge is 2.19. The maximum absolute atomic E-state index is 5.10. The van der Waals surface area contributed by atoms with E-state index in [2.05, 4.69) is 46.3 Å². The number of hydrogen-bond donors (Lipinski definition) is 1. The summed E-state index contributed by atoms with van der Waals surface area (Å²) in [4.78, 5) is 10.0. The first-order valence-corrected chi connectivity index (χ1v) is 9.67. The molecule has 0 spiro atoms. The fourth-order valence-corrected chi connectivity index (χ4v) is 4.37. The minimum absolute atomic E-state index is 0. The minimum Gasteiger partial charge on any atom is -0.354 e. The van der Waals surface area contributed by atoms with Crippen LogP contribution in [0.2, 0.25) is 0 Å². The molecule has 0 aliphatic carbocycles. The molecule has 4 nitrogen and oxygen atoms in total. The Hall–Kier alpha value is -1.17. The van der Waals surface area contributed by atoms with Crippen molar-refractivity contribution >= 4 is 46.6 Å². The lowest BCUT2D eigenvalue weighted by molar-refractivity contribution is 0.585. The van der Waals surface area contributed by atoms with Crippen molar-refractivity contribution in [1.82, 2.24) is 10.3 Å². The Morgan fingerprint density at radius 2 is 1.75 bits per heavy atom. The molecule has 2 aliphatic heterocycles. The number of hydrogen-bond acceptors (Lipinski definition) is 5. The van der Waals surface area contributed by atoms with Gasteiger partial charge >= 0.3 is 0 Å². The number of aryl methyl sites for hydroxylation is 1. The third-order valence-corrected chi connectivity index (χ3v) is 5.75. The second-order valence-electron chi connectivity index (χ2n) is 6.31. The molecule has 1 N–H and O–H groups in total. The van der Waals surface area contributed by atoms with Gasteiger partial charge in [-0.2, -0.15) is 11.8 Å². The Morgan fingerprint density at radius 3 is 2.50 bits per heavy atom. The van der Waals surface area contributed by atoms with Gasteiger partial charge in [0.1, 0.15) is 11.6 Å². The van der Waals surface area contributed by atoms with Crippen molar-refractivity contribution in [1.29, 1.82) is 0 Å². The number of halogens is 1. The van der Waals surface area contributed by atoms with Gasteiger partial charge in [-0.25, -0.2) is 4.98 Å². The SMILES string of the molecule is Cc1cccc2c(N3CCSCC3)nc(N3CCNCC3)cc12.Cl. The molecule has 0 radical (unpaired) electrons. The number of pyridine rings is 1. The molecule has 0 atom stereocenters. The highest BCUT2D eigenvalue weighted by Crippen LogP contribution is 2.32. The molecule has 0 bridgehead atoms. The van der Waals surface area contributed by atoms with Crippen LogP contribution in [-0.4, -0.2) is 55.8 Å². The first-order valence-electron chi connectivity index (χ1n) is 8.52. The van der Waals surface area contributed by atoms with Crippen molar-refractivity contribution < 1.29 is 0 Å². The van der Waals surface area contributed by atoms with Gasteiger partial charge in [-0.1, -0.05) is 18.2 Å². The van der Waals surface area contributed by atoms with E-state index in [0.717, 1.165) is 45.1 Å². The second kappa shape index (κ2) is 7.81. The Kier molecular flexibility index (Phi) is 5.74. The normalized spacial score (nSPS) is 18.5. The molecule has 6 heteroatoms. The highest BCUT2D eigenvalue weighted by atomic mass is 35.5. The molecular weight excluding hydrogens is 340 g/mol. The fraction of sp³-hybridized carbons (Fsp3) is 0.500. The molecule has 130 valence electrons. The summed E-state index contributed by atoms with van der Waals surface area (Å²) in [6.07, 6.45) is 0. The molecule has 2 aliphatic rings. The number of piperazine rings is 1. The molecule has 1 aromatic heterocycles. The molecule has 2 aromatic rings. The molecule has 24 heavy (non-hydrogen) atoms. The van der Waals surface area contributed by atoms with Crippen molar-refractivity contribution in [3.8, 4) is 0 Å². The molecule has 3 heterocycles. The summed E-state index contributed by atoms with van der Waals surface area (Å²) in [5.74, 6) is 4.72. The number of fused-ring (bicyclic) bond motifs is 1. The van der Waals surface area contributed by atoms with Crippen molar-refractivity contribution in [2.45, 2.75) is 6.92 Å². The summed E-state index contributed by atoms with van der Waals surface area (Å²) in [5, 5.41) is 6.08. The topological polar surface area (TPSA) is 31.4 Å². The summed E-state index contributed by atoms with van der Waals surface area (Å²) >= 11 is 2.05. The van der Waals surface area contributed by atoms with Crippen LogP contribution >= 0.6 is 24.2 Å². The van der Waals surface area contributed by atoms with Crippen LogP contribution in [0.1, 0.15) is 5.56 Å².